The minimum absolute atomic E-state index is 0.245. The molecule has 2 aromatic rings. The minimum Gasteiger partial charge on any atom is -0.396 e. The smallest absolute Gasteiger partial charge is 0.147 e. The molecule has 5 nitrogen and oxygen atoms in total. The lowest BCUT2D eigenvalue weighted by Crippen LogP contribution is -2.36. The van der Waals surface area contributed by atoms with Gasteiger partial charge in [-0.2, -0.15) is 4.37 Å². The van der Waals surface area contributed by atoms with Gasteiger partial charge < -0.3 is 15.7 Å². The first-order valence-corrected chi connectivity index (χ1v) is 7.58. The molecule has 1 unspecified atom stereocenters. The van der Waals surface area contributed by atoms with E-state index in [2.05, 4.69) is 14.3 Å². The number of aromatic nitrogens is 2. The van der Waals surface area contributed by atoms with Gasteiger partial charge in [0.05, 0.1) is 5.56 Å². The predicted molar refractivity (Wildman–Crippen MR) is 81.8 cm³/mol. The van der Waals surface area contributed by atoms with E-state index in [1.807, 2.05) is 12.1 Å². The predicted octanol–water partition coefficient (Wildman–Crippen LogP) is 2.00. The number of nitrogens with two attached hydrogens (primary N) is 1. The van der Waals surface area contributed by atoms with Gasteiger partial charge >= 0.3 is 0 Å². The number of pyridine rings is 1. The number of hydrogen-bond acceptors (Lipinski definition) is 6. The van der Waals surface area contributed by atoms with Gasteiger partial charge in [0.15, 0.2) is 0 Å². The van der Waals surface area contributed by atoms with Crippen molar-refractivity contribution >= 4 is 22.4 Å². The second kappa shape index (κ2) is 5.76. The van der Waals surface area contributed by atoms with Crippen molar-refractivity contribution < 1.29 is 5.11 Å². The van der Waals surface area contributed by atoms with Crippen LogP contribution in [0.2, 0.25) is 0 Å². The van der Waals surface area contributed by atoms with E-state index in [0.717, 1.165) is 42.1 Å². The molecule has 1 aliphatic rings. The van der Waals surface area contributed by atoms with Crippen molar-refractivity contribution in [3.05, 3.63) is 24.5 Å². The molecule has 1 fully saturated rings. The third kappa shape index (κ3) is 2.48. The Kier molecular flexibility index (Phi) is 3.84. The average Bonchev–Trinajstić information content (AvgIpc) is 2.90. The van der Waals surface area contributed by atoms with Gasteiger partial charge in [-0.1, -0.05) is 0 Å². The van der Waals surface area contributed by atoms with Crippen molar-refractivity contribution in [3.8, 4) is 11.1 Å². The Morgan fingerprint density at radius 3 is 2.95 bits per heavy atom. The van der Waals surface area contributed by atoms with Crippen LogP contribution >= 0.6 is 11.5 Å². The van der Waals surface area contributed by atoms with E-state index >= 15 is 0 Å². The summed E-state index contributed by atoms with van der Waals surface area (Å²) < 4.78 is 4.31. The molecule has 0 bridgehead atoms. The normalized spacial score (nSPS) is 19.2. The maximum Gasteiger partial charge on any atom is 0.147 e. The van der Waals surface area contributed by atoms with Crippen LogP contribution in [0.3, 0.4) is 0 Å². The van der Waals surface area contributed by atoms with Crippen molar-refractivity contribution in [1.29, 1.82) is 0 Å². The fourth-order valence-electron chi connectivity index (χ4n) is 2.70. The molecule has 3 rings (SSSR count). The standard InChI is InChI=1S/C14H18N4OS/c15-13-12(11-3-5-16-6-4-11)14(20-17-13)18-7-1-2-10(8-18)9-19/h3-6,10,19H,1-2,7-9H2,(H2,15,17). The summed E-state index contributed by atoms with van der Waals surface area (Å²) in [5.74, 6) is 0.916. The van der Waals surface area contributed by atoms with E-state index in [9.17, 15) is 5.11 Å². The number of hydrogen-bond donors (Lipinski definition) is 2. The summed E-state index contributed by atoms with van der Waals surface area (Å²) in [6.07, 6.45) is 5.72. The molecule has 0 saturated carbocycles. The zero-order valence-electron chi connectivity index (χ0n) is 11.2. The van der Waals surface area contributed by atoms with E-state index in [-0.39, 0.29) is 6.61 Å². The van der Waals surface area contributed by atoms with Crippen LogP contribution in [0.5, 0.6) is 0 Å². The van der Waals surface area contributed by atoms with Crippen LogP contribution in [0.25, 0.3) is 11.1 Å². The number of anilines is 2. The lowest BCUT2D eigenvalue weighted by molar-refractivity contribution is 0.209. The monoisotopic (exact) mass is 290 g/mol. The lowest BCUT2D eigenvalue weighted by atomic mass is 9.98. The summed E-state index contributed by atoms with van der Waals surface area (Å²) in [5.41, 5.74) is 8.09. The Labute approximate surface area is 122 Å². The summed E-state index contributed by atoms with van der Waals surface area (Å²) in [7, 11) is 0. The number of nitrogen functional groups attached to an aromatic ring is 1. The first-order chi connectivity index (χ1) is 9.79. The van der Waals surface area contributed by atoms with Crippen LogP contribution in [0.1, 0.15) is 12.8 Å². The molecule has 2 aromatic heterocycles. The highest BCUT2D eigenvalue weighted by atomic mass is 32.1. The molecule has 1 saturated heterocycles. The van der Waals surface area contributed by atoms with Crippen LogP contribution < -0.4 is 10.6 Å². The molecule has 0 amide bonds. The summed E-state index contributed by atoms with van der Waals surface area (Å²) in [5, 5.41) is 10.5. The third-order valence-corrected chi connectivity index (χ3v) is 4.66. The van der Waals surface area contributed by atoms with Crippen molar-refractivity contribution in [2.45, 2.75) is 12.8 Å². The molecule has 106 valence electrons. The molecule has 6 heteroatoms. The van der Waals surface area contributed by atoms with Crippen LogP contribution in [-0.4, -0.2) is 34.2 Å². The van der Waals surface area contributed by atoms with Crippen LogP contribution in [-0.2, 0) is 0 Å². The first-order valence-electron chi connectivity index (χ1n) is 6.81. The van der Waals surface area contributed by atoms with Gasteiger partial charge in [0, 0.05) is 32.1 Å². The molecule has 3 N–H and O–H groups in total. The van der Waals surface area contributed by atoms with Crippen molar-refractivity contribution in [3.63, 3.8) is 0 Å². The highest BCUT2D eigenvalue weighted by molar-refractivity contribution is 7.11. The number of aliphatic hydroxyl groups excluding tert-OH is 1. The van der Waals surface area contributed by atoms with E-state index < -0.39 is 0 Å². The molecule has 1 atom stereocenters. The van der Waals surface area contributed by atoms with Crippen LogP contribution in [0.4, 0.5) is 10.8 Å². The van der Waals surface area contributed by atoms with E-state index in [0.29, 0.717) is 11.7 Å². The summed E-state index contributed by atoms with van der Waals surface area (Å²) in [4.78, 5) is 6.35. The highest BCUT2D eigenvalue weighted by Crippen LogP contribution is 2.40. The Morgan fingerprint density at radius 1 is 1.40 bits per heavy atom. The maximum atomic E-state index is 9.38. The van der Waals surface area contributed by atoms with Crippen LogP contribution in [0, 0.1) is 5.92 Å². The number of piperidine rings is 1. The van der Waals surface area contributed by atoms with Gasteiger partial charge in [0.2, 0.25) is 0 Å². The molecular weight excluding hydrogens is 272 g/mol. The van der Waals surface area contributed by atoms with E-state index in [1.54, 1.807) is 12.4 Å². The second-order valence-corrected chi connectivity index (χ2v) is 5.87. The molecule has 3 heterocycles. The van der Waals surface area contributed by atoms with Gasteiger partial charge in [-0.05, 0) is 48.0 Å². The third-order valence-electron chi connectivity index (χ3n) is 3.73. The fraction of sp³-hybridized carbons (Fsp3) is 0.429. The second-order valence-electron chi connectivity index (χ2n) is 5.12. The molecule has 0 spiro atoms. The molecule has 1 aliphatic heterocycles. The highest BCUT2D eigenvalue weighted by Gasteiger charge is 2.24. The molecule has 0 aliphatic carbocycles. The van der Waals surface area contributed by atoms with Gasteiger partial charge in [0.25, 0.3) is 0 Å². The van der Waals surface area contributed by atoms with E-state index in [1.165, 1.54) is 11.5 Å². The molecule has 20 heavy (non-hydrogen) atoms. The largest absolute Gasteiger partial charge is 0.396 e. The molecule has 0 radical (unpaired) electrons. The lowest BCUT2D eigenvalue weighted by Gasteiger charge is -2.33. The quantitative estimate of drug-likeness (QED) is 0.904. The Hall–Kier alpha value is -1.66. The fourth-order valence-corrected chi connectivity index (χ4v) is 3.57. The molecule has 0 aromatic carbocycles. The van der Waals surface area contributed by atoms with Crippen molar-refractivity contribution in [2.75, 3.05) is 30.3 Å². The van der Waals surface area contributed by atoms with Gasteiger partial charge in [-0.15, -0.1) is 0 Å². The summed E-state index contributed by atoms with van der Waals surface area (Å²) in [6.45, 7) is 2.11. The Bertz CT molecular complexity index is 572. The molecular formula is C14H18N4OS. The number of rotatable bonds is 3. The van der Waals surface area contributed by atoms with Gasteiger partial charge in [-0.3, -0.25) is 4.98 Å². The SMILES string of the molecule is Nc1nsc(N2CCCC(CO)C2)c1-c1ccncc1. The average molecular weight is 290 g/mol. The number of aliphatic hydroxyl groups is 1. The van der Waals surface area contributed by atoms with Crippen molar-refractivity contribution in [2.24, 2.45) is 5.92 Å². The van der Waals surface area contributed by atoms with Crippen molar-refractivity contribution in [1.82, 2.24) is 9.36 Å². The number of nitrogens with zero attached hydrogens (tertiary/aromatic N) is 3. The minimum atomic E-state index is 0.245. The van der Waals surface area contributed by atoms with Gasteiger partial charge in [0.1, 0.15) is 10.8 Å². The zero-order valence-corrected chi connectivity index (χ0v) is 12.0. The summed E-state index contributed by atoms with van der Waals surface area (Å²) >= 11 is 1.44. The van der Waals surface area contributed by atoms with E-state index in [4.69, 9.17) is 5.73 Å². The first kappa shape index (κ1) is 13.3. The maximum absolute atomic E-state index is 9.38. The zero-order chi connectivity index (χ0) is 13.9. The Morgan fingerprint density at radius 2 is 2.20 bits per heavy atom. The Balaban J connectivity index is 1.95. The topological polar surface area (TPSA) is 75.3 Å². The van der Waals surface area contributed by atoms with Crippen LogP contribution in [0.15, 0.2) is 24.5 Å². The van der Waals surface area contributed by atoms with Gasteiger partial charge in [-0.25, -0.2) is 0 Å². The summed E-state index contributed by atoms with van der Waals surface area (Å²) in [6, 6.07) is 3.91.